The Morgan fingerprint density at radius 3 is 2.04 bits per heavy atom. The molecule has 0 aliphatic heterocycles. The van der Waals surface area contributed by atoms with Crippen LogP contribution in [0.2, 0.25) is 0 Å². The van der Waals surface area contributed by atoms with Crippen molar-refractivity contribution in [3.8, 4) is 0 Å². The molecular weight excluding hydrogens is 383 g/mol. The average molecular weight is 417 g/mol. The number of aryl methyl sites for hydroxylation is 3. The Balaban J connectivity index is 3.04. The second-order valence-corrected chi connectivity index (χ2v) is 13.3. The van der Waals surface area contributed by atoms with Crippen LogP contribution in [0.25, 0.3) is 5.57 Å². The molecule has 1 aromatic carbocycles. The summed E-state index contributed by atoms with van der Waals surface area (Å²) in [5.74, 6) is 0.707. The first-order valence-electron chi connectivity index (χ1n) is 9.07. The predicted octanol–water partition coefficient (Wildman–Crippen LogP) is 6.19. The molecule has 6 heteroatoms. The van der Waals surface area contributed by atoms with Gasteiger partial charge >= 0.3 is 0 Å². The fourth-order valence-electron chi connectivity index (χ4n) is 2.97. The van der Waals surface area contributed by atoms with Crippen LogP contribution in [0.3, 0.4) is 0 Å². The van der Waals surface area contributed by atoms with Gasteiger partial charge in [0.15, 0.2) is 0 Å². The van der Waals surface area contributed by atoms with Gasteiger partial charge in [0.2, 0.25) is 5.69 Å². The van der Waals surface area contributed by atoms with E-state index in [9.17, 15) is 5.11 Å². The SMILES string of the molecule is Cc1cc(C)c(/C(=C/CSP(=S)(OC(C)C)OC(C)C)CCO)c(C)c1. The Hall–Kier alpha value is -0.160. The smallest absolute Gasteiger partial charge is 0.248 e. The summed E-state index contributed by atoms with van der Waals surface area (Å²) in [5, 5.41) is 9.52. The highest BCUT2D eigenvalue weighted by atomic mass is 32.9. The van der Waals surface area contributed by atoms with Crippen LogP contribution in [0, 0.1) is 20.8 Å². The van der Waals surface area contributed by atoms with Gasteiger partial charge in [-0.1, -0.05) is 35.2 Å². The van der Waals surface area contributed by atoms with Crippen molar-refractivity contribution in [3.63, 3.8) is 0 Å². The maximum atomic E-state index is 9.52. The van der Waals surface area contributed by atoms with Crippen molar-refractivity contribution in [2.24, 2.45) is 0 Å². The third-order valence-corrected chi connectivity index (χ3v) is 8.99. The molecule has 0 spiro atoms. The lowest BCUT2D eigenvalue weighted by atomic mass is 9.92. The van der Waals surface area contributed by atoms with Crippen molar-refractivity contribution in [1.82, 2.24) is 0 Å². The molecule has 0 atom stereocenters. The molecule has 0 fully saturated rings. The van der Waals surface area contributed by atoms with Crippen LogP contribution >= 0.6 is 17.1 Å². The first-order chi connectivity index (χ1) is 12.1. The summed E-state index contributed by atoms with van der Waals surface area (Å²) in [4.78, 5) is 0. The molecule has 0 amide bonds. The van der Waals surface area contributed by atoms with Crippen molar-refractivity contribution < 1.29 is 14.2 Å². The Labute approximate surface area is 168 Å². The van der Waals surface area contributed by atoms with Gasteiger partial charge in [0.25, 0.3) is 0 Å². The summed E-state index contributed by atoms with van der Waals surface area (Å²) in [6, 6.07) is 4.38. The van der Waals surface area contributed by atoms with Gasteiger partial charge in [-0.05, 0) is 89.0 Å². The van der Waals surface area contributed by atoms with Crippen LogP contribution in [-0.2, 0) is 20.9 Å². The van der Waals surface area contributed by atoms with Gasteiger partial charge in [-0.2, -0.15) is 0 Å². The third kappa shape index (κ3) is 7.84. The van der Waals surface area contributed by atoms with Crippen molar-refractivity contribution in [2.75, 3.05) is 12.4 Å². The molecule has 0 bridgehead atoms. The van der Waals surface area contributed by atoms with E-state index in [2.05, 4.69) is 39.0 Å². The Bertz CT molecular complexity index is 632. The van der Waals surface area contributed by atoms with Crippen LogP contribution in [-0.4, -0.2) is 29.7 Å². The van der Waals surface area contributed by atoms with Crippen LogP contribution in [0.5, 0.6) is 0 Å². The molecule has 0 aliphatic carbocycles. The summed E-state index contributed by atoms with van der Waals surface area (Å²) in [6.45, 7) is 14.4. The first kappa shape index (κ1) is 23.9. The zero-order valence-electron chi connectivity index (χ0n) is 17.0. The minimum absolute atomic E-state index is 0.0366. The molecule has 26 heavy (non-hydrogen) atoms. The number of rotatable bonds is 10. The van der Waals surface area contributed by atoms with E-state index in [0.717, 1.165) is 5.57 Å². The van der Waals surface area contributed by atoms with Gasteiger partial charge in [-0.15, -0.1) is 0 Å². The normalized spacial score (nSPS) is 13.1. The predicted molar refractivity (Wildman–Crippen MR) is 120 cm³/mol. The highest BCUT2D eigenvalue weighted by Gasteiger charge is 2.23. The molecule has 0 saturated heterocycles. The van der Waals surface area contributed by atoms with E-state index in [4.69, 9.17) is 20.9 Å². The van der Waals surface area contributed by atoms with E-state index in [0.29, 0.717) is 12.2 Å². The van der Waals surface area contributed by atoms with Crippen LogP contribution < -0.4 is 0 Å². The highest BCUT2D eigenvalue weighted by molar-refractivity contribution is 8.67. The molecule has 0 heterocycles. The summed E-state index contributed by atoms with van der Waals surface area (Å²) in [5.41, 5.74) is 3.74. The molecule has 0 radical (unpaired) electrons. The Kier molecular flexibility index (Phi) is 10.1. The largest absolute Gasteiger partial charge is 0.396 e. The maximum absolute atomic E-state index is 9.52. The van der Waals surface area contributed by atoms with Crippen molar-refractivity contribution in [1.29, 1.82) is 0 Å². The van der Waals surface area contributed by atoms with Gasteiger partial charge in [0, 0.05) is 12.4 Å². The number of benzene rings is 1. The summed E-state index contributed by atoms with van der Waals surface area (Å²) in [7, 11) is 0. The van der Waals surface area contributed by atoms with Crippen LogP contribution in [0.15, 0.2) is 18.2 Å². The van der Waals surface area contributed by atoms with E-state index in [1.807, 2.05) is 27.7 Å². The van der Waals surface area contributed by atoms with Crippen LogP contribution in [0.1, 0.15) is 56.4 Å². The first-order valence-corrected chi connectivity index (χ1v) is 13.3. The number of aliphatic hydroxyl groups is 1. The van der Waals surface area contributed by atoms with E-state index in [1.54, 1.807) is 11.4 Å². The summed E-state index contributed by atoms with van der Waals surface area (Å²) < 4.78 is 11.9. The van der Waals surface area contributed by atoms with Crippen molar-refractivity contribution in [2.45, 2.75) is 67.1 Å². The fraction of sp³-hybridized carbons (Fsp3) is 0.600. The molecule has 0 saturated carbocycles. The Morgan fingerprint density at radius 2 is 1.62 bits per heavy atom. The zero-order chi connectivity index (χ0) is 19.9. The minimum Gasteiger partial charge on any atom is -0.396 e. The van der Waals surface area contributed by atoms with E-state index >= 15 is 0 Å². The van der Waals surface area contributed by atoms with Crippen LogP contribution in [0.4, 0.5) is 0 Å². The summed E-state index contributed by atoms with van der Waals surface area (Å²) in [6.07, 6.45) is 2.87. The second kappa shape index (κ2) is 11.0. The number of hydrogen-bond donors (Lipinski definition) is 1. The quantitative estimate of drug-likeness (QED) is 0.461. The van der Waals surface area contributed by atoms with Gasteiger partial charge < -0.3 is 14.2 Å². The molecule has 1 N–H and O–H groups in total. The topological polar surface area (TPSA) is 38.7 Å². The summed E-state index contributed by atoms with van der Waals surface area (Å²) >= 11 is 7.28. The lowest BCUT2D eigenvalue weighted by molar-refractivity contribution is 0.186. The third-order valence-electron chi connectivity index (χ3n) is 3.62. The van der Waals surface area contributed by atoms with E-state index in [1.165, 1.54) is 22.3 Å². The van der Waals surface area contributed by atoms with Gasteiger partial charge in [-0.3, -0.25) is 0 Å². The lowest BCUT2D eigenvalue weighted by Crippen LogP contribution is -2.06. The minimum atomic E-state index is -2.39. The standard InChI is InChI=1S/C20H33O3PS2/c1-14(2)22-24(25,23-15(3)4)26-11-9-19(8-10-21)20-17(6)12-16(5)13-18(20)7/h9,12-15,21H,8,10-11H2,1-7H3/b19-9+. The van der Waals surface area contributed by atoms with Gasteiger partial charge in [-0.25, -0.2) is 0 Å². The molecular formula is C20H33O3PS2. The van der Waals surface area contributed by atoms with Gasteiger partial charge in [0.1, 0.15) is 0 Å². The number of aliphatic hydroxyl groups excluding tert-OH is 1. The molecule has 1 rings (SSSR count). The monoisotopic (exact) mass is 416 g/mol. The number of hydrogen-bond acceptors (Lipinski definition) is 5. The Morgan fingerprint density at radius 1 is 1.12 bits per heavy atom. The van der Waals surface area contributed by atoms with Gasteiger partial charge in [0.05, 0.1) is 12.2 Å². The second-order valence-electron chi connectivity index (χ2n) is 7.03. The fourth-order valence-corrected chi connectivity index (χ4v) is 8.38. The van der Waals surface area contributed by atoms with Crippen molar-refractivity contribution in [3.05, 3.63) is 40.5 Å². The van der Waals surface area contributed by atoms with Crippen molar-refractivity contribution >= 4 is 34.5 Å². The zero-order valence-corrected chi connectivity index (χ0v) is 19.6. The molecule has 148 valence electrons. The maximum Gasteiger partial charge on any atom is 0.248 e. The highest BCUT2D eigenvalue weighted by Crippen LogP contribution is 2.62. The van der Waals surface area contributed by atoms with E-state index in [-0.39, 0.29) is 18.8 Å². The molecule has 3 nitrogen and oxygen atoms in total. The average Bonchev–Trinajstić information content (AvgIpc) is 2.43. The molecule has 0 unspecified atom stereocenters. The lowest BCUT2D eigenvalue weighted by Gasteiger charge is -2.25. The molecule has 0 aliphatic rings. The molecule has 0 aromatic heterocycles. The van der Waals surface area contributed by atoms with E-state index < -0.39 is 5.69 Å². The molecule has 1 aromatic rings.